The number of benzene rings is 1. The Bertz CT molecular complexity index is 385. The molecule has 0 bridgehead atoms. The third-order valence-electron chi connectivity index (χ3n) is 2.23. The predicted octanol–water partition coefficient (Wildman–Crippen LogP) is 1.69. The van der Waals surface area contributed by atoms with Crippen LogP contribution in [-0.2, 0) is 9.47 Å². The minimum atomic E-state index is -0.624. The maximum atomic E-state index is 13.3. The summed E-state index contributed by atoms with van der Waals surface area (Å²) in [4.78, 5) is 11.5. The molecule has 1 aromatic rings. The number of carbonyl (C=O) groups is 1. The third-order valence-corrected chi connectivity index (χ3v) is 2.23. The number of esters is 1. The summed E-state index contributed by atoms with van der Waals surface area (Å²) in [6, 6.07) is 4.43. The summed E-state index contributed by atoms with van der Waals surface area (Å²) in [6.45, 7) is 2.57. The van der Waals surface area contributed by atoms with Gasteiger partial charge in [-0.2, -0.15) is 0 Å². The molecule has 0 radical (unpaired) electrons. The molecule has 0 aliphatic carbocycles. The van der Waals surface area contributed by atoms with Gasteiger partial charge < -0.3 is 9.47 Å². The predicted molar refractivity (Wildman–Crippen MR) is 51.2 cm³/mol. The van der Waals surface area contributed by atoms with Gasteiger partial charge in [-0.1, -0.05) is 6.07 Å². The molecule has 0 unspecified atom stereocenters. The molecule has 15 heavy (non-hydrogen) atoms. The van der Waals surface area contributed by atoms with Crippen molar-refractivity contribution in [1.29, 1.82) is 0 Å². The molecule has 0 N–H and O–H groups in total. The van der Waals surface area contributed by atoms with Crippen molar-refractivity contribution in [2.45, 2.75) is 13.0 Å². The highest BCUT2D eigenvalue weighted by molar-refractivity contribution is 5.89. The average molecular weight is 210 g/mol. The van der Waals surface area contributed by atoms with E-state index < -0.39 is 11.8 Å². The molecule has 0 spiro atoms. The van der Waals surface area contributed by atoms with Gasteiger partial charge in [0.2, 0.25) is 0 Å². The first-order valence-corrected chi connectivity index (χ1v) is 4.71. The lowest BCUT2D eigenvalue weighted by atomic mass is 10.1. The Morgan fingerprint density at radius 2 is 2.27 bits per heavy atom. The van der Waals surface area contributed by atoms with Gasteiger partial charge in [0.15, 0.2) is 0 Å². The summed E-state index contributed by atoms with van der Waals surface area (Å²) in [5, 5.41) is 0. The van der Waals surface area contributed by atoms with Crippen LogP contribution in [0.2, 0.25) is 0 Å². The Labute approximate surface area is 86.8 Å². The zero-order valence-corrected chi connectivity index (χ0v) is 8.33. The average Bonchev–Trinajstić information content (AvgIpc) is 2.11. The van der Waals surface area contributed by atoms with E-state index in [-0.39, 0.29) is 11.7 Å². The van der Waals surface area contributed by atoms with E-state index >= 15 is 0 Å². The van der Waals surface area contributed by atoms with Gasteiger partial charge >= 0.3 is 5.97 Å². The molecule has 1 aromatic carbocycles. The van der Waals surface area contributed by atoms with Crippen LogP contribution in [-0.4, -0.2) is 25.3 Å². The van der Waals surface area contributed by atoms with Gasteiger partial charge in [0.05, 0.1) is 18.8 Å². The number of ether oxygens (including phenoxy) is 2. The van der Waals surface area contributed by atoms with Crippen molar-refractivity contribution in [2.75, 3.05) is 13.2 Å². The molecule has 1 aliphatic heterocycles. The standard InChI is InChI=1S/C11H11FO3/c1-7-2-3-9(10(12)4-7)11(13)15-8-5-14-6-8/h2-4,8H,5-6H2,1H3. The Kier molecular flexibility index (Phi) is 2.68. The SMILES string of the molecule is Cc1ccc(C(=O)OC2COC2)c(F)c1. The highest BCUT2D eigenvalue weighted by Crippen LogP contribution is 2.14. The van der Waals surface area contributed by atoms with Gasteiger partial charge in [0.25, 0.3) is 0 Å². The second-order valence-electron chi connectivity index (χ2n) is 3.55. The molecule has 2 rings (SSSR count). The zero-order valence-electron chi connectivity index (χ0n) is 8.33. The molecule has 1 heterocycles. The van der Waals surface area contributed by atoms with Crippen molar-refractivity contribution in [3.8, 4) is 0 Å². The molecule has 4 heteroatoms. The topological polar surface area (TPSA) is 35.5 Å². The van der Waals surface area contributed by atoms with Crippen LogP contribution in [0.4, 0.5) is 4.39 Å². The van der Waals surface area contributed by atoms with Crippen molar-refractivity contribution in [2.24, 2.45) is 0 Å². The lowest BCUT2D eigenvalue weighted by molar-refractivity contribution is -0.103. The zero-order chi connectivity index (χ0) is 10.8. The fourth-order valence-corrected chi connectivity index (χ4v) is 1.28. The van der Waals surface area contributed by atoms with Gasteiger partial charge in [-0.05, 0) is 24.6 Å². The van der Waals surface area contributed by atoms with E-state index in [2.05, 4.69) is 0 Å². The first-order chi connectivity index (χ1) is 7.16. The molecular formula is C11H11FO3. The number of carbonyl (C=O) groups excluding carboxylic acids is 1. The Morgan fingerprint density at radius 1 is 1.53 bits per heavy atom. The summed E-state index contributed by atoms with van der Waals surface area (Å²) in [5.41, 5.74) is 0.753. The molecule has 0 amide bonds. The van der Waals surface area contributed by atoms with Crippen LogP contribution in [0, 0.1) is 12.7 Å². The van der Waals surface area contributed by atoms with Gasteiger partial charge in [-0.15, -0.1) is 0 Å². The number of aryl methyl sites for hydroxylation is 1. The molecule has 0 aromatic heterocycles. The van der Waals surface area contributed by atoms with E-state index in [0.717, 1.165) is 5.56 Å². The van der Waals surface area contributed by atoms with Crippen LogP contribution in [0.1, 0.15) is 15.9 Å². The van der Waals surface area contributed by atoms with Crippen LogP contribution in [0.15, 0.2) is 18.2 Å². The Balaban J connectivity index is 2.10. The summed E-state index contributed by atoms with van der Waals surface area (Å²) >= 11 is 0. The molecule has 1 aliphatic rings. The Morgan fingerprint density at radius 3 is 2.80 bits per heavy atom. The molecule has 80 valence electrons. The van der Waals surface area contributed by atoms with Crippen molar-refractivity contribution in [3.05, 3.63) is 35.1 Å². The molecule has 0 atom stereocenters. The molecule has 0 saturated carbocycles. The van der Waals surface area contributed by atoms with Crippen LogP contribution in [0.5, 0.6) is 0 Å². The van der Waals surface area contributed by atoms with Gasteiger partial charge in [-0.3, -0.25) is 0 Å². The molecule has 1 fully saturated rings. The van der Waals surface area contributed by atoms with Crippen molar-refractivity contribution in [1.82, 2.24) is 0 Å². The van der Waals surface area contributed by atoms with Crippen LogP contribution in [0.25, 0.3) is 0 Å². The van der Waals surface area contributed by atoms with Gasteiger partial charge in [-0.25, -0.2) is 9.18 Å². The normalized spacial score (nSPS) is 15.9. The number of halogens is 1. The summed E-state index contributed by atoms with van der Waals surface area (Å²) in [7, 11) is 0. The highest BCUT2D eigenvalue weighted by Gasteiger charge is 2.24. The van der Waals surface area contributed by atoms with E-state index in [9.17, 15) is 9.18 Å². The van der Waals surface area contributed by atoms with Crippen molar-refractivity contribution in [3.63, 3.8) is 0 Å². The Hall–Kier alpha value is -1.42. The van der Waals surface area contributed by atoms with E-state index in [1.54, 1.807) is 13.0 Å². The minimum absolute atomic E-state index is 0.0208. The number of hydrogen-bond donors (Lipinski definition) is 0. The maximum Gasteiger partial charge on any atom is 0.341 e. The lowest BCUT2D eigenvalue weighted by Crippen LogP contribution is -2.37. The summed E-state index contributed by atoms with van der Waals surface area (Å²) < 4.78 is 23.2. The number of hydrogen-bond acceptors (Lipinski definition) is 3. The van der Waals surface area contributed by atoms with E-state index in [4.69, 9.17) is 9.47 Å². The monoisotopic (exact) mass is 210 g/mol. The second-order valence-corrected chi connectivity index (χ2v) is 3.55. The van der Waals surface area contributed by atoms with E-state index in [0.29, 0.717) is 13.2 Å². The first-order valence-electron chi connectivity index (χ1n) is 4.71. The summed E-state index contributed by atoms with van der Waals surface area (Å²) in [6.07, 6.45) is -0.224. The van der Waals surface area contributed by atoms with Gasteiger partial charge in [0, 0.05) is 0 Å². The quantitative estimate of drug-likeness (QED) is 0.697. The first kappa shape index (κ1) is 10.1. The van der Waals surface area contributed by atoms with Crippen molar-refractivity contribution < 1.29 is 18.7 Å². The molecular weight excluding hydrogens is 199 g/mol. The second kappa shape index (κ2) is 3.98. The largest absolute Gasteiger partial charge is 0.454 e. The fraction of sp³-hybridized carbons (Fsp3) is 0.364. The fourth-order valence-electron chi connectivity index (χ4n) is 1.28. The third kappa shape index (κ3) is 2.15. The number of rotatable bonds is 2. The van der Waals surface area contributed by atoms with Crippen LogP contribution in [0.3, 0.4) is 0 Å². The van der Waals surface area contributed by atoms with Crippen LogP contribution < -0.4 is 0 Å². The van der Waals surface area contributed by atoms with Crippen molar-refractivity contribution >= 4 is 5.97 Å². The smallest absolute Gasteiger partial charge is 0.341 e. The summed E-state index contributed by atoms with van der Waals surface area (Å²) in [5.74, 6) is -1.17. The molecule has 3 nitrogen and oxygen atoms in total. The highest BCUT2D eigenvalue weighted by atomic mass is 19.1. The minimum Gasteiger partial charge on any atom is -0.454 e. The van der Waals surface area contributed by atoms with E-state index in [1.165, 1.54) is 12.1 Å². The lowest BCUT2D eigenvalue weighted by Gasteiger charge is -2.25. The van der Waals surface area contributed by atoms with Gasteiger partial charge in [0.1, 0.15) is 11.9 Å². The van der Waals surface area contributed by atoms with Crippen LogP contribution >= 0.6 is 0 Å². The van der Waals surface area contributed by atoms with E-state index in [1.807, 2.05) is 0 Å². The maximum absolute atomic E-state index is 13.3. The molecule has 1 saturated heterocycles.